The van der Waals surface area contributed by atoms with E-state index in [1.807, 2.05) is 24.3 Å². The Kier molecular flexibility index (Phi) is 6.95. The molecular weight excluding hydrogens is 474 g/mol. The lowest BCUT2D eigenvalue weighted by Crippen LogP contribution is -2.22. The van der Waals surface area contributed by atoms with Crippen LogP contribution in [0.2, 0.25) is 5.02 Å². The van der Waals surface area contributed by atoms with Crippen LogP contribution in [-0.2, 0) is 0 Å². The van der Waals surface area contributed by atoms with E-state index < -0.39 is 0 Å². The Morgan fingerprint density at radius 2 is 1.83 bits per heavy atom. The van der Waals surface area contributed by atoms with E-state index in [1.54, 1.807) is 50.6 Å². The Morgan fingerprint density at radius 1 is 1.07 bits per heavy atom. The maximum absolute atomic E-state index is 12.8. The molecule has 0 spiro atoms. The van der Waals surface area contributed by atoms with Crippen molar-refractivity contribution < 1.29 is 9.59 Å². The molecule has 0 saturated heterocycles. The molecule has 3 aromatic rings. The molecule has 0 bridgehead atoms. The molecule has 1 N–H and O–H groups in total. The first-order valence-corrected chi connectivity index (χ1v) is 10.5. The number of halogens is 2. The maximum atomic E-state index is 12.8. The van der Waals surface area contributed by atoms with E-state index in [2.05, 4.69) is 26.2 Å². The fourth-order valence-electron chi connectivity index (χ4n) is 2.48. The van der Waals surface area contributed by atoms with Gasteiger partial charge in [0, 0.05) is 35.3 Å². The Morgan fingerprint density at radius 3 is 2.48 bits per heavy atom. The van der Waals surface area contributed by atoms with Gasteiger partial charge in [-0.2, -0.15) is 0 Å². The van der Waals surface area contributed by atoms with E-state index >= 15 is 0 Å². The fraction of sp³-hybridized carbons (Fsp3) is 0.0952. The van der Waals surface area contributed by atoms with Gasteiger partial charge in [-0.25, -0.2) is 4.98 Å². The number of hydrogen-bond acceptors (Lipinski definition) is 4. The third-order valence-electron chi connectivity index (χ3n) is 3.91. The summed E-state index contributed by atoms with van der Waals surface area (Å²) >= 11 is 11.0. The predicted molar refractivity (Wildman–Crippen MR) is 120 cm³/mol. The molecular formula is C21H17BrClN3O2S. The van der Waals surface area contributed by atoms with Gasteiger partial charge in [0.1, 0.15) is 5.03 Å². The van der Waals surface area contributed by atoms with E-state index in [-0.39, 0.29) is 16.8 Å². The highest BCUT2D eigenvalue weighted by molar-refractivity contribution is 9.10. The second kappa shape index (κ2) is 9.43. The molecule has 0 aliphatic carbocycles. The number of rotatable bonds is 5. The number of aromatic nitrogens is 1. The van der Waals surface area contributed by atoms with Gasteiger partial charge in [-0.05, 0) is 58.4 Å². The number of nitrogens with zero attached hydrogens (tertiary/aromatic N) is 2. The topological polar surface area (TPSA) is 62.3 Å². The molecule has 0 aliphatic rings. The summed E-state index contributed by atoms with van der Waals surface area (Å²) in [5.74, 6) is -0.468. The number of anilines is 1. The van der Waals surface area contributed by atoms with Crippen molar-refractivity contribution in [3.8, 4) is 0 Å². The monoisotopic (exact) mass is 489 g/mol. The first-order chi connectivity index (χ1) is 13.8. The Labute approximate surface area is 186 Å². The van der Waals surface area contributed by atoms with Crippen LogP contribution in [0.5, 0.6) is 0 Å². The molecule has 0 aliphatic heterocycles. The summed E-state index contributed by atoms with van der Waals surface area (Å²) in [6, 6.07) is 15.9. The zero-order valence-electron chi connectivity index (χ0n) is 15.6. The first kappa shape index (κ1) is 21.4. The molecule has 5 nitrogen and oxygen atoms in total. The van der Waals surface area contributed by atoms with Crippen LogP contribution in [0, 0.1) is 0 Å². The number of hydrogen-bond donors (Lipinski definition) is 1. The van der Waals surface area contributed by atoms with Gasteiger partial charge in [0.05, 0.1) is 16.1 Å². The molecule has 148 valence electrons. The third-order valence-corrected chi connectivity index (χ3v) is 5.72. The summed E-state index contributed by atoms with van der Waals surface area (Å²) in [6.45, 7) is 0. The summed E-state index contributed by atoms with van der Waals surface area (Å²) in [4.78, 5) is 31.5. The van der Waals surface area contributed by atoms with Crippen molar-refractivity contribution in [1.29, 1.82) is 0 Å². The summed E-state index contributed by atoms with van der Waals surface area (Å²) in [5, 5.41) is 3.90. The van der Waals surface area contributed by atoms with Crippen LogP contribution < -0.4 is 5.32 Å². The maximum Gasteiger partial charge on any atom is 0.256 e. The molecule has 2 aromatic carbocycles. The van der Waals surface area contributed by atoms with Crippen molar-refractivity contribution in [1.82, 2.24) is 9.88 Å². The molecule has 29 heavy (non-hydrogen) atoms. The molecule has 1 aromatic heterocycles. The van der Waals surface area contributed by atoms with Gasteiger partial charge < -0.3 is 10.2 Å². The molecule has 0 unspecified atom stereocenters. The Balaban J connectivity index is 1.80. The van der Waals surface area contributed by atoms with Crippen LogP contribution >= 0.6 is 39.3 Å². The van der Waals surface area contributed by atoms with Gasteiger partial charge in [-0.15, -0.1) is 0 Å². The van der Waals surface area contributed by atoms with E-state index in [1.165, 1.54) is 16.7 Å². The number of benzene rings is 2. The van der Waals surface area contributed by atoms with Crippen molar-refractivity contribution in [3.63, 3.8) is 0 Å². The molecule has 8 heteroatoms. The van der Waals surface area contributed by atoms with Gasteiger partial charge in [0.15, 0.2) is 0 Å². The van der Waals surface area contributed by atoms with Gasteiger partial charge >= 0.3 is 0 Å². The molecule has 0 radical (unpaired) electrons. The minimum Gasteiger partial charge on any atom is -0.345 e. The minimum atomic E-state index is -0.270. The third kappa shape index (κ3) is 5.38. The van der Waals surface area contributed by atoms with Crippen molar-refractivity contribution in [3.05, 3.63) is 81.4 Å². The lowest BCUT2D eigenvalue weighted by molar-refractivity contribution is 0.0827. The van der Waals surface area contributed by atoms with E-state index in [9.17, 15) is 9.59 Å². The van der Waals surface area contributed by atoms with Crippen molar-refractivity contribution in [2.24, 2.45) is 0 Å². The molecule has 3 rings (SSSR count). The van der Waals surface area contributed by atoms with Crippen molar-refractivity contribution in [2.75, 3.05) is 19.4 Å². The van der Waals surface area contributed by atoms with Crippen LogP contribution in [0.3, 0.4) is 0 Å². The van der Waals surface area contributed by atoms with Gasteiger partial charge in [0.2, 0.25) is 0 Å². The number of carbonyl (C=O) groups is 2. The van der Waals surface area contributed by atoms with Crippen LogP contribution in [0.25, 0.3) is 0 Å². The number of amides is 2. The minimum absolute atomic E-state index is 0.198. The fourth-order valence-corrected chi connectivity index (χ4v) is 3.86. The predicted octanol–water partition coefficient (Wildman–Crippen LogP) is 5.60. The Bertz CT molecular complexity index is 1060. The lowest BCUT2D eigenvalue weighted by Gasteiger charge is -2.13. The highest BCUT2D eigenvalue weighted by atomic mass is 79.9. The average molecular weight is 491 g/mol. The van der Waals surface area contributed by atoms with Gasteiger partial charge in [0.25, 0.3) is 11.8 Å². The Hall–Kier alpha value is -2.35. The summed E-state index contributed by atoms with van der Waals surface area (Å²) in [7, 11) is 3.31. The molecule has 0 atom stereocenters. The van der Waals surface area contributed by atoms with E-state index in [0.717, 1.165) is 14.4 Å². The van der Waals surface area contributed by atoms with Gasteiger partial charge in [-0.3, -0.25) is 9.59 Å². The second-order valence-electron chi connectivity index (χ2n) is 6.26. The van der Waals surface area contributed by atoms with Crippen molar-refractivity contribution in [2.45, 2.75) is 9.92 Å². The first-order valence-electron chi connectivity index (χ1n) is 8.56. The zero-order valence-corrected chi connectivity index (χ0v) is 18.8. The van der Waals surface area contributed by atoms with Gasteiger partial charge in [-0.1, -0.05) is 35.5 Å². The normalized spacial score (nSPS) is 10.5. The van der Waals surface area contributed by atoms with E-state index in [0.29, 0.717) is 16.8 Å². The molecule has 0 saturated carbocycles. The summed E-state index contributed by atoms with van der Waals surface area (Å²) in [5.41, 5.74) is 1.41. The highest BCUT2D eigenvalue weighted by Gasteiger charge is 2.16. The zero-order chi connectivity index (χ0) is 21.0. The number of pyridine rings is 1. The summed E-state index contributed by atoms with van der Waals surface area (Å²) < 4.78 is 0.890. The molecule has 1 heterocycles. The van der Waals surface area contributed by atoms with Crippen LogP contribution in [-0.4, -0.2) is 35.8 Å². The number of nitrogens with one attached hydrogen (secondary N) is 1. The standard InChI is InChI=1S/C21H17BrClN3O2S/c1-26(2)21(28)15-9-8-14(11-17(15)23)25-20(27)16-5-3-4-6-18(16)29-19-10-7-13(22)12-24-19/h3-12H,1-2H3,(H,25,27). The van der Waals surface area contributed by atoms with Crippen molar-refractivity contribution >= 4 is 56.8 Å². The average Bonchev–Trinajstić information content (AvgIpc) is 2.69. The van der Waals surface area contributed by atoms with E-state index in [4.69, 9.17) is 11.6 Å². The quantitative estimate of drug-likeness (QED) is 0.505. The largest absolute Gasteiger partial charge is 0.345 e. The molecule has 2 amide bonds. The highest BCUT2D eigenvalue weighted by Crippen LogP contribution is 2.30. The van der Waals surface area contributed by atoms with Crippen LogP contribution in [0.1, 0.15) is 20.7 Å². The van der Waals surface area contributed by atoms with Crippen LogP contribution in [0.15, 0.2) is 75.2 Å². The number of carbonyl (C=O) groups excluding carboxylic acids is 2. The lowest BCUT2D eigenvalue weighted by atomic mass is 10.1. The second-order valence-corrected chi connectivity index (χ2v) is 8.65. The molecule has 0 fully saturated rings. The smallest absolute Gasteiger partial charge is 0.256 e. The SMILES string of the molecule is CN(C)C(=O)c1ccc(NC(=O)c2ccccc2Sc2ccc(Br)cn2)cc1Cl. The summed E-state index contributed by atoms with van der Waals surface area (Å²) in [6.07, 6.45) is 1.71. The van der Waals surface area contributed by atoms with Crippen LogP contribution in [0.4, 0.5) is 5.69 Å².